The fourth-order valence-corrected chi connectivity index (χ4v) is 3.69. The van der Waals surface area contributed by atoms with Crippen molar-refractivity contribution in [1.29, 1.82) is 0 Å². The summed E-state index contributed by atoms with van der Waals surface area (Å²) in [5.41, 5.74) is 1.60. The number of nitrogens with zero attached hydrogens (tertiary/aromatic N) is 1. The summed E-state index contributed by atoms with van der Waals surface area (Å²) in [7, 11) is -2.45. The van der Waals surface area contributed by atoms with Crippen molar-refractivity contribution < 1.29 is 18.0 Å². The summed E-state index contributed by atoms with van der Waals surface area (Å²) in [6.07, 6.45) is 0.780. The molecule has 2 aromatic carbocycles. The fourth-order valence-electron chi connectivity index (χ4n) is 2.56. The minimum absolute atomic E-state index is 0.00274. The van der Waals surface area contributed by atoms with E-state index in [9.17, 15) is 18.0 Å². The molecule has 0 heterocycles. The average molecular weight is 418 g/mol. The van der Waals surface area contributed by atoms with E-state index in [1.807, 2.05) is 20.8 Å². The standard InChI is InChI=1S/C21H27N3O4S/c1-5-16(3)22-21(26)18-8-6-7-9-19(18)23-20(25)14-24(4)29(27,28)17-12-10-15(2)11-13-17/h6-13,16H,5,14H2,1-4H3,(H,22,26)(H,23,25)/t16-/m1/s1. The molecule has 2 rings (SSSR count). The van der Waals surface area contributed by atoms with E-state index in [1.54, 1.807) is 36.4 Å². The molecule has 0 aliphatic heterocycles. The molecule has 2 N–H and O–H groups in total. The quantitative estimate of drug-likeness (QED) is 0.690. The number of rotatable bonds is 8. The van der Waals surface area contributed by atoms with Gasteiger partial charge in [0.25, 0.3) is 5.91 Å². The third-order valence-electron chi connectivity index (χ3n) is 4.53. The van der Waals surface area contributed by atoms with E-state index >= 15 is 0 Å². The molecule has 0 fully saturated rings. The number of amides is 2. The number of para-hydroxylation sites is 1. The van der Waals surface area contributed by atoms with Crippen LogP contribution >= 0.6 is 0 Å². The molecule has 0 bridgehead atoms. The van der Waals surface area contributed by atoms with Crippen molar-refractivity contribution in [2.24, 2.45) is 0 Å². The molecular formula is C21H27N3O4S. The molecule has 0 unspecified atom stereocenters. The lowest BCUT2D eigenvalue weighted by atomic mass is 10.1. The molecule has 2 aromatic rings. The van der Waals surface area contributed by atoms with Gasteiger partial charge in [-0.15, -0.1) is 0 Å². The molecule has 156 valence electrons. The predicted molar refractivity (Wildman–Crippen MR) is 113 cm³/mol. The number of carbonyl (C=O) groups is 2. The molecule has 2 amide bonds. The van der Waals surface area contributed by atoms with Crippen LogP contribution in [0.25, 0.3) is 0 Å². The Morgan fingerprint density at radius 1 is 1.07 bits per heavy atom. The topological polar surface area (TPSA) is 95.6 Å². The number of nitrogens with one attached hydrogen (secondary N) is 2. The lowest BCUT2D eigenvalue weighted by molar-refractivity contribution is -0.116. The van der Waals surface area contributed by atoms with Crippen LogP contribution in [0.15, 0.2) is 53.4 Å². The molecule has 0 aliphatic carbocycles. The normalized spacial score (nSPS) is 12.4. The minimum Gasteiger partial charge on any atom is -0.350 e. The van der Waals surface area contributed by atoms with Crippen LogP contribution in [-0.2, 0) is 14.8 Å². The number of benzene rings is 2. The van der Waals surface area contributed by atoms with Gasteiger partial charge in [-0.2, -0.15) is 4.31 Å². The Balaban J connectivity index is 2.11. The lowest BCUT2D eigenvalue weighted by Crippen LogP contribution is -2.36. The Kier molecular flexibility index (Phi) is 7.53. The monoisotopic (exact) mass is 417 g/mol. The van der Waals surface area contributed by atoms with Crippen LogP contribution in [0, 0.1) is 6.92 Å². The first-order chi connectivity index (χ1) is 13.6. The van der Waals surface area contributed by atoms with Crippen molar-refractivity contribution >= 4 is 27.5 Å². The van der Waals surface area contributed by atoms with Gasteiger partial charge in [-0.3, -0.25) is 9.59 Å². The SMILES string of the molecule is CC[C@@H](C)NC(=O)c1ccccc1NC(=O)CN(C)S(=O)(=O)c1ccc(C)cc1. The first kappa shape index (κ1) is 22.6. The molecule has 0 aliphatic rings. The molecule has 7 nitrogen and oxygen atoms in total. The van der Waals surface area contributed by atoms with Crippen molar-refractivity contribution in [3.63, 3.8) is 0 Å². The Bertz CT molecular complexity index is 972. The average Bonchev–Trinajstić information content (AvgIpc) is 2.68. The van der Waals surface area contributed by atoms with Crippen LogP contribution in [0.5, 0.6) is 0 Å². The second-order valence-electron chi connectivity index (χ2n) is 6.95. The van der Waals surface area contributed by atoms with Gasteiger partial charge in [-0.05, 0) is 44.5 Å². The summed E-state index contributed by atoms with van der Waals surface area (Å²) in [5, 5.41) is 5.49. The highest BCUT2D eigenvalue weighted by molar-refractivity contribution is 7.89. The largest absolute Gasteiger partial charge is 0.350 e. The maximum absolute atomic E-state index is 12.6. The molecule has 0 aromatic heterocycles. The van der Waals surface area contributed by atoms with Crippen molar-refractivity contribution in [2.75, 3.05) is 18.9 Å². The van der Waals surface area contributed by atoms with Gasteiger partial charge in [-0.1, -0.05) is 36.8 Å². The van der Waals surface area contributed by atoms with E-state index < -0.39 is 15.9 Å². The van der Waals surface area contributed by atoms with Gasteiger partial charge in [0.2, 0.25) is 15.9 Å². The Hall–Kier alpha value is -2.71. The highest BCUT2D eigenvalue weighted by Crippen LogP contribution is 2.17. The van der Waals surface area contributed by atoms with Gasteiger partial charge in [0, 0.05) is 13.1 Å². The number of carbonyl (C=O) groups excluding carboxylic acids is 2. The van der Waals surface area contributed by atoms with Gasteiger partial charge in [0.1, 0.15) is 0 Å². The van der Waals surface area contributed by atoms with Crippen LogP contribution in [0.3, 0.4) is 0 Å². The van der Waals surface area contributed by atoms with Gasteiger partial charge >= 0.3 is 0 Å². The summed E-state index contributed by atoms with van der Waals surface area (Å²) in [4.78, 5) is 25.0. The maximum atomic E-state index is 12.6. The highest BCUT2D eigenvalue weighted by Gasteiger charge is 2.23. The molecule has 1 atom stereocenters. The van der Waals surface area contributed by atoms with Crippen LogP contribution < -0.4 is 10.6 Å². The Labute approximate surface area is 172 Å². The number of aryl methyl sites for hydroxylation is 1. The molecule has 0 spiro atoms. The lowest BCUT2D eigenvalue weighted by Gasteiger charge is -2.18. The van der Waals surface area contributed by atoms with Gasteiger partial charge < -0.3 is 10.6 Å². The summed E-state index contributed by atoms with van der Waals surface area (Å²) in [6.45, 7) is 5.34. The van der Waals surface area contributed by atoms with Crippen LogP contribution in [0.4, 0.5) is 5.69 Å². The Morgan fingerprint density at radius 3 is 2.31 bits per heavy atom. The van der Waals surface area contributed by atoms with Crippen molar-refractivity contribution in [3.8, 4) is 0 Å². The predicted octanol–water partition coefficient (Wildman–Crippen LogP) is 2.78. The second kappa shape index (κ2) is 9.67. The summed E-state index contributed by atoms with van der Waals surface area (Å²) in [6, 6.07) is 13.0. The third kappa shape index (κ3) is 5.88. The van der Waals surface area contributed by atoms with Gasteiger partial charge in [-0.25, -0.2) is 8.42 Å². The zero-order valence-corrected chi connectivity index (χ0v) is 17.9. The van der Waals surface area contributed by atoms with E-state index in [-0.39, 0.29) is 23.4 Å². The van der Waals surface area contributed by atoms with Gasteiger partial charge in [0.05, 0.1) is 22.7 Å². The molecule has 0 saturated heterocycles. The summed E-state index contributed by atoms with van der Waals surface area (Å²) < 4.78 is 26.3. The molecule has 29 heavy (non-hydrogen) atoms. The number of hydrogen-bond donors (Lipinski definition) is 2. The van der Waals surface area contributed by atoms with Crippen molar-refractivity contribution in [1.82, 2.24) is 9.62 Å². The first-order valence-electron chi connectivity index (χ1n) is 9.38. The number of hydrogen-bond acceptors (Lipinski definition) is 4. The summed E-state index contributed by atoms with van der Waals surface area (Å²) in [5.74, 6) is -0.831. The fraction of sp³-hybridized carbons (Fsp3) is 0.333. The maximum Gasteiger partial charge on any atom is 0.253 e. The number of anilines is 1. The second-order valence-corrected chi connectivity index (χ2v) is 9.00. The smallest absolute Gasteiger partial charge is 0.253 e. The zero-order chi connectivity index (χ0) is 21.6. The van der Waals surface area contributed by atoms with E-state index in [0.29, 0.717) is 11.3 Å². The van der Waals surface area contributed by atoms with E-state index in [2.05, 4.69) is 10.6 Å². The van der Waals surface area contributed by atoms with Crippen LogP contribution in [0.2, 0.25) is 0 Å². The summed E-state index contributed by atoms with van der Waals surface area (Å²) >= 11 is 0. The van der Waals surface area contributed by atoms with E-state index in [4.69, 9.17) is 0 Å². The molecule has 0 radical (unpaired) electrons. The van der Waals surface area contributed by atoms with Crippen molar-refractivity contribution in [2.45, 2.75) is 38.1 Å². The number of likely N-dealkylation sites (N-methyl/N-ethyl adjacent to an activating group) is 1. The minimum atomic E-state index is -3.80. The Morgan fingerprint density at radius 2 is 1.69 bits per heavy atom. The molecule has 8 heteroatoms. The molecule has 0 saturated carbocycles. The first-order valence-corrected chi connectivity index (χ1v) is 10.8. The zero-order valence-electron chi connectivity index (χ0n) is 17.1. The van der Waals surface area contributed by atoms with Crippen molar-refractivity contribution in [3.05, 3.63) is 59.7 Å². The number of sulfonamides is 1. The van der Waals surface area contributed by atoms with E-state index in [0.717, 1.165) is 16.3 Å². The van der Waals surface area contributed by atoms with E-state index in [1.165, 1.54) is 19.2 Å². The highest BCUT2D eigenvalue weighted by atomic mass is 32.2. The van der Waals surface area contributed by atoms with Crippen LogP contribution in [-0.4, -0.2) is 44.2 Å². The third-order valence-corrected chi connectivity index (χ3v) is 6.35. The molecular weight excluding hydrogens is 390 g/mol. The van der Waals surface area contributed by atoms with Gasteiger partial charge in [0.15, 0.2) is 0 Å². The van der Waals surface area contributed by atoms with Crippen LogP contribution in [0.1, 0.15) is 36.2 Å².